The van der Waals surface area contributed by atoms with E-state index in [2.05, 4.69) is 0 Å². The molecular formula is C16H12O4. The highest BCUT2D eigenvalue weighted by atomic mass is 16.4. The molecule has 0 aliphatic rings. The summed E-state index contributed by atoms with van der Waals surface area (Å²) >= 11 is 0. The fourth-order valence-electron chi connectivity index (χ4n) is 1.83. The largest absolute Gasteiger partial charge is 0.478 e. The lowest BCUT2D eigenvalue weighted by molar-refractivity contribution is -0.132. The van der Waals surface area contributed by atoms with E-state index in [1.54, 1.807) is 0 Å². The first-order valence-corrected chi connectivity index (χ1v) is 5.90. The minimum absolute atomic E-state index is 0.800. The van der Waals surface area contributed by atoms with E-state index in [0.717, 1.165) is 34.1 Å². The lowest BCUT2D eigenvalue weighted by Crippen LogP contribution is -1.86. The molecule has 2 aromatic carbocycles. The molecule has 0 atom stereocenters. The van der Waals surface area contributed by atoms with Crippen molar-refractivity contribution in [2.24, 2.45) is 0 Å². The van der Waals surface area contributed by atoms with Crippen LogP contribution in [0.5, 0.6) is 0 Å². The van der Waals surface area contributed by atoms with Gasteiger partial charge in [0.1, 0.15) is 0 Å². The van der Waals surface area contributed by atoms with Crippen LogP contribution in [0.15, 0.2) is 48.6 Å². The highest BCUT2D eigenvalue weighted by molar-refractivity contribution is 5.91. The Labute approximate surface area is 115 Å². The van der Waals surface area contributed by atoms with Gasteiger partial charge in [-0.05, 0) is 46.2 Å². The van der Waals surface area contributed by atoms with Crippen molar-refractivity contribution in [2.45, 2.75) is 0 Å². The van der Waals surface area contributed by atoms with Gasteiger partial charge in [-0.2, -0.15) is 0 Å². The average Bonchev–Trinajstić information content (AvgIpc) is 2.42. The van der Waals surface area contributed by atoms with Crippen molar-refractivity contribution in [3.8, 4) is 0 Å². The van der Waals surface area contributed by atoms with Crippen LogP contribution >= 0.6 is 0 Å². The van der Waals surface area contributed by atoms with E-state index < -0.39 is 11.9 Å². The van der Waals surface area contributed by atoms with Gasteiger partial charge in [0.2, 0.25) is 0 Å². The lowest BCUT2D eigenvalue weighted by Gasteiger charge is -2.01. The van der Waals surface area contributed by atoms with Crippen molar-refractivity contribution in [3.05, 3.63) is 59.7 Å². The number of carboxylic acid groups (broad SMARTS) is 2. The molecule has 0 aromatic heterocycles. The molecule has 0 amide bonds. The van der Waals surface area contributed by atoms with E-state index in [-0.39, 0.29) is 0 Å². The molecule has 0 aliphatic carbocycles. The Hall–Kier alpha value is -2.88. The van der Waals surface area contributed by atoms with E-state index in [9.17, 15) is 9.59 Å². The Kier molecular flexibility index (Phi) is 3.96. The van der Waals surface area contributed by atoms with Gasteiger partial charge in [-0.3, -0.25) is 0 Å². The third-order valence-corrected chi connectivity index (χ3v) is 2.73. The zero-order valence-corrected chi connectivity index (χ0v) is 10.5. The summed E-state index contributed by atoms with van der Waals surface area (Å²) in [6, 6.07) is 11.1. The Morgan fingerprint density at radius 1 is 0.750 bits per heavy atom. The molecule has 0 unspecified atom stereocenters. The molecule has 0 radical (unpaired) electrons. The predicted molar refractivity (Wildman–Crippen MR) is 77.3 cm³/mol. The van der Waals surface area contributed by atoms with Crippen LogP contribution < -0.4 is 0 Å². The van der Waals surface area contributed by atoms with E-state index in [0.29, 0.717) is 0 Å². The fraction of sp³-hybridized carbons (Fsp3) is 0. The summed E-state index contributed by atoms with van der Waals surface area (Å²) in [7, 11) is 0. The number of hydrogen-bond donors (Lipinski definition) is 2. The van der Waals surface area contributed by atoms with Gasteiger partial charge >= 0.3 is 11.9 Å². The number of carbonyl (C=O) groups is 2. The zero-order valence-electron chi connectivity index (χ0n) is 10.5. The summed E-state index contributed by atoms with van der Waals surface area (Å²) in [6.45, 7) is 0. The Bertz CT molecular complexity index is 663. The summed E-state index contributed by atoms with van der Waals surface area (Å²) in [5, 5.41) is 19.1. The minimum Gasteiger partial charge on any atom is -0.478 e. The van der Waals surface area contributed by atoms with Crippen LogP contribution in [0.1, 0.15) is 11.1 Å². The van der Waals surface area contributed by atoms with E-state index in [1.165, 1.54) is 12.2 Å². The maximum absolute atomic E-state index is 10.5. The highest BCUT2D eigenvalue weighted by Gasteiger charge is 1.97. The highest BCUT2D eigenvalue weighted by Crippen LogP contribution is 2.19. The van der Waals surface area contributed by atoms with Crippen LogP contribution in [0.2, 0.25) is 0 Å². The van der Waals surface area contributed by atoms with Crippen LogP contribution in [0.25, 0.3) is 22.9 Å². The molecule has 4 nitrogen and oxygen atoms in total. The molecular weight excluding hydrogens is 256 g/mol. The Balaban J connectivity index is 2.34. The van der Waals surface area contributed by atoms with Gasteiger partial charge in [-0.1, -0.05) is 24.3 Å². The van der Waals surface area contributed by atoms with Crippen molar-refractivity contribution >= 4 is 34.9 Å². The molecule has 0 saturated carbocycles. The topological polar surface area (TPSA) is 74.6 Å². The molecule has 4 heteroatoms. The van der Waals surface area contributed by atoms with Gasteiger partial charge in [0.25, 0.3) is 0 Å². The van der Waals surface area contributed by atoms with E-state index >= 15 is 0 Å². The standard InChI is InChI=1S/C16H12O4/c17-15(18)7-3-11-1-5-13-10-12(4-8-16(19)20)2-6-14(13)9-11/h1-10H,(H,17,18)(H,19,20). The third-order valence-electron chi connectivity index (χ3n) is 2.73. The fourth-order valence-corrected chi connectivity index (χ4v) is 1.83. The second-order valence-electron chi connectivity index (χ2n) is 4.21. The van der Waals surface area contributed by atoms with Crippen LogP contribution in [0.4, 0.5) is 0 Å². The molecule has 0 aliphatic heterocycles. The molecule has 2 rings (SSSR count). The summed E-state index contributed by atoms with van der Waals surface area (Å²) in [5.74, 6) is -1.97. The SMILES string of the molecule is O=C(O)C=Cc1ccc2cc(C=CC(=O)O)ccc2c1. The van der Waals surface area contributed by atoms with Gasteiger partial charge in [-0.15, -0.1) is 0 Å². The molecule has 2 aromatic rings. The van der Waals surface area contributed by atoms with E-state index in [1.807, 2.05) is 36.4 Å². The Morgan fingerprint density at radius 2 is 1.15 bits per heavy atom. The number of hydrogen-bond acceptors (Lipinski definition) is 2. The molecule has 100 valence electrons. The molecule has 0 heterocycles. The number of fused-ring (bicyclic) bond motifs is 1. The second-order valence-corrected chi connectivity index (χ2v) is 4.21. The van der Waals surface area contributed by atoms with Crippen molar-refractivity contribution < 1.29 is 19.8 Å². The van der Waals surface area contributed by atoms with Gasteiger partial charge in [0.05, 0.1) is 0 Å². The number of rotatable bonds is 4. The molecule has 2 N–H and O–H groups in total. The van der Waals surface area contributed by atoms with Gasteiger partial charge < -0.3 is 10.2 Å². The van der Waals surface area contributed by atoms with Gasteiger partial charge in [-0.25, -0.2) is 9.59 Å². The first-order chi connectivity index (χ1) is 9.54. The number of carboxylic acids is 2. The normalized spacial score (nSPS) is 11.4. The van der Waals surface area contributed by atoms with E-state index in [4.69, 9.17) is 10.2 Å². The van der Waals surface area contributed by atoms with Gasteiger partial charge in [0.15, 0.2) is 0 Å². The van der Waals surface area contributed by atoms with Crippen LogP contribution in [-0.2, 0) is 9.59 Å². The smallest absolute Gasteiger partial charge is 0.328 e. The number of benzene rings is 2. The molecule has 20 heavy (non-hydrogen) atoms. The molecule has 0 fully saturated rings. The lowest BCUT2D eigenvalue weighted by atomic mass is 10.0. The zero-order chi connectivity index (χ0) is 14.5. The third kappa shape index (κ3) is 3.55. The summed E-state index contributed by atoms with van der Waals surface area (Å²) < 4.78 is 0. The first-order valence-electron chi connectivity index (χ1n) is 5.90. The Morgan fingerprint density at radius 3 is 1.50 bits per heavy atom. The van der Waals surface area contributed by atoms with Crippen LogP contribution in [0.3, 0.4) is 0 Å². The molecule has 0 spiro atoms. The maximum atomic E-state index is 10.5. The van der Waals surface area contributed by atoms with Crippen molar-refractivity contribution in [2.75, 3.05) is 0 Å². The van der Waals surface area contributed by atoms with Crippen molar-refractivity contribution in [1.29, 1.82) is 0 Å². The summed E-state index contributed by atoms with van der Waals surface area (Å²) in [5.41, 5.74) is 1.60. The maximum Gasteiger partial charge on any atom is 0.328 e. The minimum atomic E-state index is -0.987. The average molecular weight is 268 g/mol. The quantitative estimate of drug-likeness (QED) is 0.836. The predicted octanol–water partition coefficient (Wildman–Crippen LogP) is 3.04. The molecule has 0 bridgehead atoms. The van der Waals surface area contributed by atoms with Crippen molar-refractivity contribution in [1.82, 2.24) is 0 Å². The van der Waals surface area contributed by atoms with Gasteiger partial charge in [0, 0.05) is 12.2 Å². The second kappa shape index (κ2) is 5.84. The summed E-state index contributed by atoms with van der Waals surface area (Å²) in [6.07, 6.45) is 5.23. The number of aliphatic carboxylic acids is 2. The molecule has 0 saturated heterocycles. The van der Waals surface area contributed by atoms with Crippen LogP contribution in [0, 0.1) is 0 Å². The monoisotopic (exact) mass is 268 g/mol. The van der Waals surface area contributed by atoms with Crippen LogP contribution in [-0.4, -0.2) is 22.2 Å². The first kappa shape index (κ1) is 13.5. The van der Waals surface area contributed by atoms with Crippen molar-refractivity contribution in [3.63, 3.8) is 0 Å². The summed E-state index contributed by atoms with van der Waals surface area (Å²) in [4.78, 5) is 20.9.